The van der Waals surface area contributed by atoms with Crippen LogP contribution in [0.3, 0.4) is 0 Å². The summed E-state index contributed by atoms with van der Waals surface area (Å²) in [6.07, 6.45) is 2.24. The van der Waals surface area contributed by atoms with E-state index in [0.29, 0.717) is 17.1 Å². The van der Waals surface area contributed by atoms with Gasteiger partial charge in [-0.1, -0.05) is 18.7 Å². The monoisotopic (exact) mass is 384 g/mol. The van der Waals surface area contributed by atoms with Gasteiger partial charge in [0.05, 0.1) is 22.5 Å². The fourth-order valence-electron chi connectivity index (χ4n) is 2.94. The molecule has 0 unspecified atom stereocenters. The molecule has 1 amide bonds. The normalized spacial score (nSPS) is 12.6. The van der Waals surface area contributed by atoms with Crippen LogP contribution in [0, 0.1) is 12.7 Å². The van der Waals surface area contributed by atoms with Crippen molar-refractivity contribution in [2.45, 2.75) is 30.5 Å². The van der Waals surface area contributed by atoms with Crippen molar-refractivity contribution in [1.82, 2.24) is 14.6 Å². The Hall–Kier alpha value is -2.87. The van der Waals surface area contributed by atoms with Gasteiger partial charge in [0.15, 0.2) is 5.58 Å². The van der Waals surface area contributed by atoms with Gasteiger partial charge in [-0.05, 0) is 37.6 Å². The summed E-state index contributed by atoms with van der Waals surface area (Å²) in [6.45, 7) is 3.81. The molecule has 27 heavy (non-hydrogen) atoms. The maximum atomic E-state index is 13.0. The first kappa shape index (κ1) is 17.5. The van der Waals surface area contributed by atoms with Crippen molar-refractivity contribution in [3.05, 3.63) is 54.3 Å². The van der Waals surface area contributed by atoms with Gasteiger partial charge in [0, 0.05) is 17.8 Å². The largest absolute Gasteiger partial charge is 0.463 e. The first-order valence-corrected chi connectivity index (χ1v) is 9.40. The smallest absolute Gasteiger partial charge is 0.237 e. The predicted molar refractivity (Wildman–Crippen MR) is 102 cm³/mol. The highest BCUT2D eigenvalue weighted by Gasteiger charge is 2.22. The van der Waals surface area contributed by atoms with Crippen LogP contribution in [0.25, 0.3) is 16.6 Å². The van der Waals surface area contributed by atoms with Gasteiger partial charge in [0.25, 0.3) is 0 Å². The van der Waals surface area contributed by atoms with E-state index in [1.807, 2.05) is 30.4 Å². The molecule has 4 aromatic rings. The number of fused-ring (bicyclic) bond motifs is 3. The van der Waals surface area contributed by atoms with E-state index in [-0.39, 0.29) is 17.0 Å². The van der Waals surface area contributed by atoms with Crippen molar-refractivity contribution in [3.8, 4) is 0 Å². The van der Waals surface area contributed by atoms with Crippen LogP contribution < -0.4 is 5.32 Å². The van der Waals surface area contributed by atoms with Crippen LogP contribution in [0.5, 0.6) is 0 Å². The second-order valence-corrected chi connectivity index (χ2v) is 7.29. The van der Waals surface area contributed by atoms with Crippen molar-refractivity contribution >= 4 is 40.0 Å². The number of halogens is 1. The lowest BCUT2D eigenvalue weighted by Crippen LogP contribution is -2.24. The van der Waals surface area contributed by atoms with Gasteiger partial charge >= 0.3 is 0 Å². The average Bonchev–Trinajstić information content (AvgIpc) is 3.24. The molecule has 6 nitrogen and oxygen atoms in total. The quantitative estimate of drug-likeness (QED) is 0.515. The molecule has 138 valence electrons. The zero-order chi connectivity index (χ0) is 19.0. The van der Waals surface area contributed by atoms with Crippen LogP contribution in [-0.4, -0.2) is 25.8 Å². The van der Waals surface area contributed by atoms with Crippen molar-refractivity contribution in [3.63, 3.8) is 0 Å². The molecule has 0 aliphatic rings. The first-order chi connectivity index (χ1) is 13.1. The molecule has 0 saturated carbocycles. The zero-order valence-corrected chi connectivity index (χ0v) is 15.6. The molecule has 1 aromatic carbocycles. The lowest BCUT2D eigenvalue weighted by Gasteiger charge is -2.15. The third-order valence-electron chi connectivity index (χ3n) is 4.28. The molecule has 0 bridgehead atoms. The molecule has 8 heteroatoms. The average molecular weight is 384 g/mol. The number of hydrogen-bond donors (Lipinski definition) is 1. The van der Waals surface area contributed by atoms with E-state index in [0.717, 1.165) is 22.4 Å². The molecule has 0 fully saturated rings. The number of anilines is 1. The van der Waals surface area contributed by atoms with Crippen LogP contribution in [0.2, 0.25) is 0 Å². The fourth-order valence-corrected chi connectivity index (χ4v) is 3.90. The minimum atomic E-state index is -0.364. The van der Waals surface area contributed by atoms with Crippen molar-refractivity contribution in [1.29, 1.82) is 0 Å². The summed E-state index contributed by atoms with van der Waals surface area (Å²) in [5.41, 5.74) is 3.08. The van der Waals surface area contributed by atoms with E-state index in [1.165, 1.54) is 36.0 Å². The van der Waals surface area contributed by atoms with Crippen LogP contribution in [-0.2, 0) is 4.79 Å². The third-order valence-corrected chi connectivity index (χ3v) is 5.63. The Morgan fingerprint density at radius 3 is 2.78 bits per heavy atom. The van der Waals surface area contributed by atoms with Gasteiger partial charge in [0.2, 0.25) is 5.91 Å². The van der Waals surface area contributed by atoms with Gasteiger partial charge in [-0.15, -0.1) is 10.2 Å². The van der Waals surface area contributed by atoms with Crippen LogP contribution in [0.15, 0.2) is 52.1 Å². The second-order valence-electron chi connectivity index (χ2n) is 6.10. The minimum absolute atomic E-state index is 0.162. The van der Waals surface area contributed by atoms with Crippen LogP contribution in [0.1, 0.15) is 19.2 Å². The van der Waals surface area contributed by atoms with Gasteiger partial charge in [-0.2, -0.15) is 0 Å². The number of benzene rings is 1. The van der Waals surface area contributed by atoms with E-state index in [9.17, 15) is 9.18 Å². The Kier molecular flexibility index (Phi) is 4.57. The molecule has 0 aliphatic heterocycles. The lowest BCUT2D eigenvalue weighted by molar-refractivity contribution is -0.115. The molecule has 0 saturated heterocycles. The zero-order valence-electron chi connectivity index (χ0n) is 14.8. The SMILES string of the molecule is CC[C@@H](Sc1nnc(C)n2c1cc1occc12)C(=O)Nc1ccc(F)cc1. The molecule has 0 spiro atoms. The van der Waals surface area contributed by atoms with Gasteiger partial charge in [0.1, 0.15) is 16.7 Å². The molecule has 1 N–H and O–H groups in total. The Labute approximate surface area is 158 Å². The topological polar surface area (TPSA) is 72.4 Å². The van der Waals surface area contributed by atoms with Crippen LogP contribution >= 0.6 is 11.8 Å². The summed E-state index contributed by atoms with van der Waals surface area (Å²) in [5, 5.41) is 11.6. The van der Waals surface area contributed by atoms with E-state index in [2.05, 4.69) is 15.5 Å². The molecular weight excluding hydrogens is 367 g/mol. The Morgan fingerprint density at radius 1 is 1.26 bits per heavy atom. The summed E-state index contributed by atoms with van der Waals surface area (Å²) in [6, 6.07) is 9.49. The summed E-state index contributed by atoms with van der Waals surface area (Å²) in [5.74, 6) is 0.240. The highest BCUT2D eigenvalue weighted by Crippen LogP contribution is 2.32. The van der Waals surface area contributed by atoms with Crippen LogP contribution in [0.4, 0.5) is 10.1 Å². The third kappa shape index (κ3) is 3.28. The van der Waals surface area contributed by atoms with E-state index in [4.69, 9.17) is 4.42 Å². The predicted octanol–water partition coefficient (Wildman–Crippen LogP) is 4.43. The number of aryl methyl sites for hydroxylation is 1. The Morgan fingerprint density at radius 2 is 2.04 bits per heavy atom. The summed E-state index contributed by atoms with van der Waals surface area (Å²) in [7, 11) is 0. The fraction of sp³-hybridized carbons (Fsp3) is 0.211. The maximum Gasteiger partial charge on any atom is 0.237 e. The minimum Gasteiger partial charge on any atom is -0.463 e. The number of nitrogens with one attached hydrogen (secondary N) is 1. The maximum absolute atomic E-state index is 13.0. The summed E-state index contributed by atoms with van der Waals surface area (Å²) >= 11 is 1.35. The van der Waals surface area contributed by atoms with Gasteiger partial charge < -0.3 is 9.73 Å². The number of furan rings is 1. The van der Waals surface area contributed by atoms with Crippen molar-refractivity contribution in [2.24, 2.45) is 0 Å². The summed E-state index contributed by atoms with van der Waals surface area (Å²) in [4.78, 5) is 12.7. The van der Waals surface area contributed by atoms with E-state index >= 15 is 0 Å². The number of thioether (sulfide) groups is 1. The first-order valence-electron chi connectivity index (χ1n) is 8.52. The number of nitrogens with zero attached hydrogens (tertiary/aromatic N) is 3. The number of carbonyl (C=O) groups is 1. The second kappa shape index (κ2) is 7.03. The van der Waals surface area contributed by atoms with E-state index in [1.54, 1.807) is 6.26 Å². The Bertz CT molecular complexity index is 1120. The van der Waals surface area contributed by atoms with Gasteiger partial charge in [-0.25, -0.2) is 4.39 Å². The molecule has 0 radical (unpaired) electrons. The molecule has 0 aliphatic carbocycles. The number of aromatic nitrogens is 3. The number of carbonyl (C=O) groups excluding carboxylic acids is 1. The highest BCUT2D eigenvalue weighted by molar-refractivity contribution is 8.00. The number of amides is 1. The van der Waals surface area contributed by atoms with Gasteiger partial charge in [-0.3, -0.25) is 9.20 Å². The van der Waals surface area contributed by atoms with Crippen molar-refractivity contribution in [2.75, 3.05) is 5.32 Å². The molecular formula is C19H17FN4O2S. The number of rotatable bonds is 5. The molecule has 3 heterocycles. The van der Waals surface area contributed by atoms with E-state index < -0.39 is 0 Å². The lowest BCUT2D eigenvalue weighted by atomic mass is 10.2. The Balaban J connectivity index is 1.62. The van der Waals surface area contributed by atoms with Crippen molar-refractivity contribution < 1.29 is 13.6 Å². The summed E-state index contributed by atoms with van der Waals surface area (Å²) < 4.78 is 20.5. The molecule has 4 rings (SSSR count). The molecule has 3 aromatic heterocycles. The molecule has 1 atom stereocenters. The highest BCUT2D eigenvalue weighted by atomic mass is 32.2. The standard InChI is InChI=1S/C19H17FN4O2S/c1-3-17(18(25)21-13-6-4-12(20)5-7-13)27-19-15-10-16-14(8-9-26-16)24(15)11(2)22-23-19/h4-10,17H,3H2,1-2H3,(H,21,25)/t17-/m1/s1. The number of hydrogen-bond acceptors (Lipinski definition) is 5.